The Hall–Kier alpha value is -1.59. The van der Waals surface area contributed by atoms with Crippen LogP contribution in [0.5, 0.6) is 0 Å². The van der Waals surface area contributed by atoms with Gasteiger partial charge in [-0.3, -0.25) is 0 Å². The average molecular weight is 414 g/mol. The molecule has 1 aromatic rings. The van der Waals surface area contributed by atoms with Crippen LogP contribution in [-0.4, -0.2) is 0 Å². The SMILES string of the molecule is CC1=C[C@@](I)(c2ccccc2)C2CCCC=C2C(C#N)(C#N)C1. The first-order chi connectivity index (χ1) is 11.1. The van der Waals surface area contributed by atoms with Crippen molar-refractivity contribution in [2.75, 3.05) is 0 Å². The van der Waals surface area contributed by atoms with E-state index >= 15 is 0 Å². The van der Waals surface area contributed by atoms with E-state index in [2.05, 4.69) is 78.1 Å². The molecule has 2 atom stereocenters. The predicted octanol–water partition coefficient (Wildman–Crippen LogP) is 5.43. The van der Waals surface area contributed by atoms with Crippen LogP contribution in [0, 0.1) is 34.0 Å². The van der Waals surface area contributed by atoms with Crippen molar-refractivity contribution in [2.45, 2.75) is 36.0 Å². The number of hydrogen-bond acceptors (Lipinski definition) is 2. The van der Waals surface area contributed by atoms with Crippen LogP contribution in [0.2, 0.25) is 0 Å². The third-order valence-electron chi connectivity index (χ3n) is 5.03. The summed E-state index contributed by atoms with van der Waals surface area (Å²) in [7, 11) is 0. The van der Waals surface area contributed by atoms with Gasteiger partial charge in [-0.2, -0.15) is 10.5 Å². The summed E-state index contributed by atoms with van der Waals surface area (Å²) in [5.74, 6) is 0.205. The van der Waals surface area contributed by atoms with Gasteiger partial charge in [-0.25, -0.2) is 0 Å². The molecular formula is C20H19IN2. The lowest BCUT2D eigenvalue weighted by atomic mass is 9.67. The van der Waals surface area contributed by atoms with Crippen molar-refractivity contribution in [1.82, 2.24) is 0 Å². The lowest BCUT2D eigenvalue weighted by Gasteiger charge is -2.39. The Morgan fingerprint density at radius 3 is 2.52 bits per heavy atom. The van der Waals surface area contributed by atoms with Gasteiger partial charge in [0, 0.05) is 12.3 Å². The van der Waals surface area contributed by atoms with E-state index in [1.165, 1.54) is 5.56 Å². The molecule has 0 saturated carbocycles. The van der Waals surface area contributed by atoms with Crippen LogP contribution in [0.3, 0.4) is 0 Å². The average Bonchev–Trinajstić information content (AvgIpc) is 2.69. The van der Waals surface area contributed by atoms with Gasteiger partial charge < -0.3 is 0 Å². The molecule has 2 aliphatic carbocycles. The summed E-state index contributed by atoms with van der Waals surface area (Å²) < 4.78 is -0.190. The molecule has 0 fully saturated rings. The molecule has 1 aromatic carbocycles. The Bertz CT molecular complexity index is 734. The minimum atomic E-state index is -1.01. The summed E-state index contributed by atoms with van der Waals surface area (Å²) in [6.07, 6.45) is 8.09. The molecule has 0 radical (unpaired) electrons. The maximum Gasteiger partial charge on any atom is 0.168 e. The quantitative estimate of drug-likeness (QED) is 0.350. The molecule has 2 aliphatic rings. The predicted molar refractivity (Wildman–Crippen MR) is 99.6 cm³/mol. The molecule has 3 heteroatoms. The Morgan fingerprint density at radius 1 is 1.17 bits per heavy atom. The zero-order valence-electron chi connectivity index (χ0n) is 13.2. The van der Waals surface area contributed by atoms with Gasteiger partial charge in [0.1, 0.15) is 0 Å². The van der Waals surface area contributed by atoms with Crippen LogP contribution in [0.15, 0.2) is 53.6 Å². The molecule has 2 nitrogen and oxygen atoms in total. The normalized spacial score (nSPS) is 29.1. The van der Waals surface area contributed by atoms with Crippen molar-refractivity contribution < 1.29 is 0 Å². The third-order valence-corrected chi connectivity index (χ3v) is 6.72. The zero-order valence-corrected chi connectivity index (χ0v) is 15.4. The fraction of sp³-hybridized carbons (Fsp3) is 0.400. The van der Waals surface area contributed by atoms with Crippen LogP contribution >= 0.6 is 22.6 Å². The van der Waals surface area contributed by atoms with Crippen molar-refractivity contribution in [3.8, 4) is 12.1 Å². The second-order valence-electron chi connectivity index (χ2n) is 6.57. The van der Waals surface area contributed by atoms with E-state index in [1.54, 1.807) is 0 Å². The van der Waals surface area contributed by atoms with Gasteiger partial charge in [-0.15, -0.1) is 0 Å². The fourth-order valence-corrected chi connectivity index (χ4v) is 5.57. The summed E-state index contributed by atoms with van der Waals surface area (Å²) in [6, 6.07) is 15.2. The zero-order chi connectivity index (χ0) is 16.5. The largest absolute Gasteiger partial charge is 0.196 e. The highest BCUT2D eigenvalue weighted by molar-refractivity contribution is 14.1. The molecular weight excluding hydrogens is 395 g/mol. The number of halogens is 1. The van der Waals surface area contributed by atoms with Crippen molar-refractivity contribution in [3.05, 3.63) is 59.2 Å². The van der Waals surface area contributed by atoms with Crippen LogP contribution in [-0.2, 0) is 3.42 Å². The van der Waals surface area contributed by atoms with E-state index in [0.29, 0.717) is 6.42 Å². The first-order valence-electron chi connectivity index (χ1n) is 8.01. The number of nitriles is 2. The van der Waals surface area contributed by atoms with E-state index in [0.717, 1.165) is 30.4 Å². The number of hydrogen-bond donors (Lipinski definition) is 0. The lowest BCUT2D eigenvalue weighted by molar-refractivity contribution is 0.405. The molecule has 116 valence electrons. The van der Waals surface area contributed by atoms with E-state index in [4.69, 9.17) is 0 Å². The third kappa shape index (κ3) is 2.62. The van der Waals surface area contributed by atoms with Gasteiger partial charge in [0.05, 0.1) is 15.6 Å². The highest BCUT2D eigenvalue weighted by Gasteiger charge is 2.49. The van der Waals surface area contributed by atoms with Gasteiger partial charge in [0.15, 0.2) is 5.41 Å². The van der Waals surface area contributed by atoms with Gasteiger partial charge in [-0.1, -0.05) is 70.6 Å². The van der Waals surface area contributed by atoms with Crippen LogP contribution < -0.4 is 0 Å². The molecule has 0 aliphatic heterocycles. The number of fused-ring (bicyclic) bond motifs is 1. The molecule has 0 saturated heterocycles. The van der Waals surface area contributed by atoms with Crippen LogP contribution in [0.25, 0.3) is 0 Å². The van der Waals surface area contributed by atoms with Gasteiger partial charge in [-0.05, 0) is 37.3 Å². The maximum absolute atomic E-state index is 9.82. The lowest BCUT2D eigenvalue weighted by Crippen LogP contribution is -2.34. The molecule has 23 heavy (non-hydrogen) atoms. The Balaban J connectivity index is 2.23. The topological polar surface area (TPSA) is 47.6 Å². The Morgan fingerprint density at radius 2 is 1.87 bits per heavy atom. The van der Waals surface area contributed by atoms with Crippen LogP contribution in [0.4, 0.5) is 0 Å². The maximum atomic E-state index is 9.82. The monoisotopic (exact) mass is 414 g/mol. The molecule has 0 heterocycles. The summed E-state index contributed by atoms with van der Waals surface area (Å²) in [6.45, 7) is 2.05. The molecule has 0 aromatic heterocycles. The van der Waals surface area contributed by atoms with Crippen molar-refractivity contribution >= 4 is 22.6 Å². The van der Waals surface area contributed by atoms with Gasteiger partial charge >= 0.3 is 0 Å². The second-order valence-corrected chi connectivity index (χ2v) is 8.36. The number of rotatable bonds is 1. The second kappa shape index (κ2) is 6.13. The number of nitrogens with zero attached hydrogens (tertiary/aromatic N) is 2. The summed E-state index contributed by atoms with van der Waals surface area (Å²) >= 11 is 2.54. The molecule has 1 unspecified atom stereocenters. The van der Waals surface area contributed by atoms with E-state index in [-0.39, 0.29) is 9.34 Å². The highest BCUT2D eigenvalue weighted by atomic mass is 127. The fourth-order valence-electron chi connectivity index (χ4n) is 4.03. The van der Waals surface area contributed by atoms with Crippen molar-refractivity contribution in [2.24, 2.45) is 11.3 Å². The minimum Gasteiger partial charge on any atom is -0.196 e. The first kappa shape index (κ1) is 16.3. The number of alkyl halides is 1. The van der Waals surface area contributed by atoms with Crippen LogP contribution in [0.1, 0.15) is 38.2 Å². The van der Waals surface area contributed by atoms with E-state index in [1.807, 2.05) is 6.07 Å². The minimum absolute atomic E-state index is 0.190. The molecule has 0 N–H and O–H groups in total. The summed E-state index contributed by atoms with van der Waals surface area (Å²) in [4.78, 5) is 0. The Kier molecular flexibility index (Phi) is 4.34. The molecule has 0 spiro atoms. The highest BCUT2D eigenvalue weighted by Crippen LogP contribution is 2.56. The van der Waals surface area contributed by atoms with Crippen molar-refractivity contribution in [3.63, 3.8) is 0 Å². The number of benzene rings is 1. The van der Waals surface area contributed by atoms with Crippen molar-refractivity contribution in [1.29, 1.82) is 10.5 Å². The van der Waals surface area contributed by atoms with Gasteiger partial charge in [0.25, 0.3) is 0 Å². The van der Waals surface area contributed by atoms with E-state index in [9.17, 15) is 10.5 Å². The summed E-state index contributed by atoms with van der Waals surface area (Å²) in [5.41, 5.74) is 2.42. The molecule has 0 bridgehead atoms. The van der Waals surface area contributed by atoms with E-state index < -0.39 is 5.41 Å². The first-order valence-corrected chi connectivity index (χ1v) is 9.09. The standard InChI is InChI=1S/C20H19IN2/c1-15-11-19(13-22,14-23)17-9-5-6-10-18(17)20(21,12-15)16-7-3-2-4-8-16/h2-4,7-9,12,18H,5-6,10-11H2,1H3/t18?,20-/m1/s1. The smallest absolute Gasteiger partial charge is 0.168 e. The Labute approximate surface area is 151 Å². The van der Waals surface area contributed by atoms with Gasteiger partial charge in [0.2, 0.25) is 0 Å². The molecule has 3 rings (SSSR count). The molecule has 0 amide bonds. The number of allylic oxidation sites excluding steroid dienone is 4. The summed E-state index contributed by atoms with van der Waals surface area (Å²) in [5, 5.41) is 19.6.